The van der Waals surface area contributed by atoms with Crippen LogP contribution >= 0.6 is 0 Å². The highest BCUT2D eigenvalue weighted by Gasteiger charge is 2.23. The lowest BCUT2D eigenvalue weighted by Gasteiger charge is -2.35. The van der Waals surface area contributed by atoms with Gasteiger partial charge in [0.2, 0.25) is 0 Å². The van der Waals surface area contributed by atoms with Crippen molar-refractivity contribution in [2.75, 3.05) is 39.3 Å². The zero-order valence-electron chi connectivity index (χ0n) is 15.6. The molecule has 2 heterocycles. The minimum absolute atomic E-state index is 0.500. The van der Waals surface area contributed by atoms with E-state index in [0.29, 0.717) is 6.10 Å². The maximum atomic E-state index is 6.17. The van der Waals surface area contributed by atoms with Crippen LogP contribution in [0.25, 0.3) is 0 Å². The van der Waals surface area contributed by atoms with Crippen LogP contribution in [-0.4, -0.2) is 60.4 Å². The van der Waals surface area contributed by atoms with Crippen LogP contribution in [0.15, 0.2) is 4.52 Å². The SMILES string of the molecule is Cc1noc(C)c1CN1CCN(CCO[C@H]2CCCC[C@@H]2C)CC1. The van der Waals surface area contributed by atoms with Crippen molar-refractivity contribution in [1.82, 2.24) is 15.0 Å². The van der Waals surface area contributed by atoms with Gasteiger partial charge in [-0.1, -0.05) is 24.9 Å². The number of aryl methyl sites for hydroxylation is 2. The minimum atomic E-state index is 0.500. The third-order valence-electron chi connectivity index (χ3n) is 5.80. The third-order valence-corrected chi connectivity index (χ3v) is 5.80. The van der Waals surface area contributed by atoms with Crippen molar-refractivity contribution in [3.63, 3.8) is 0 Å². The summed E-state index contributed by atoms with van der Waals surface area (Å²) in [5, 5.41) is 4.06. The standard InChI is InChI=1S/C19H33N3O2/c1-15-6-4-5-7-19(15)23-13-12-21-8-10-22(11-9-21)14-18-16(2)20-24-17(18)3/h15,19H,4-14H2,1-3H3/t15-,19-/m0/s1. The van der Waals surface area contributed by atoms with Crippen molar-refractivity contribution in [3.8, 4) is 0 Å². The summed E-state index contributed by atoms with van der Waals surface area (Å²) >= 11 is 0. The van der Waals surface area contributed by atoms with Crippen LogP contribution in [0.5, 0.6) is 0 Å². The first kappa shape index (κ1) is 17.9. The second-order valence-corrected chi connectivity index (χ2v) is 7.59. The van der Waals surface area contributed by atoms with Crippen molar-refractivity contribution in [2.45, 2.75) is 59.1 Å². The van der Waals surface area contributed by atoms with Crippen molar-refractivity contribution in [1.29, 1.82) is 0 Å². The topological polar surface area (TPSA) is 41.7 Å². The van der Waals surface area contributed by atoms with E-state index in [2.05, 4.69) is 21.9 Å². The van der Waals surface area contributed by atoms with E-state index in [-0.39, 0.29) is 0 Å². The van der Waals surface area contributed by atoms with Gasteiger partial charge in [0.1, 0.15) is 5.76 Å². The molecule has 1 aromatic rings. The molecule has 2 fully saturated rings. The maximum absolute atomic E-state index is 6.17. The van der Waals surface area contributed by atoms with Crippen LogP contribution in [0, 0.1) is 19.8 Å². The molecule has 0 aromatic carbocycles. The van der Waals surface area contributed by atoms with E-state index in [9.17, 15) is 0 Å². The van der Waals surface area contributed by atoms with Crippen molar-refractivity contribution in [2.24, 2.45) is 5.92 Å². The maximum Gasteiger partial charge on any atom is 0.138 e. The molecular formula is C19H33N3O2. The predicted octanol–water partition coefficient (Wildman–Crippen LogP) is 3.00. The number of nitrogens with zero attached hydrogens (tertiary/aromatic N) is 3. The number of piperazine rings is 1. The molecule has 24 heavy (non-hydrogen) atoms. The average Bonchev–Trinajstić information content (AvgIpc) is 2.90. The quantitative estimate of drug-likeness (QED) is 0.799. The van der Waals surface area contributed by atoms with Crippen LogP contribution in [0.4, 0.5) is 0 Å². The first-order valence-electron chi connectivity index (χ1n) is 9.61. The van der Waals surface area contributed by atoms with Gasteiger partial charge in [-0.3, -0.25) is 9.80 Å². The van der Waals surface area contributed by atoms with E-state index in [0.717, 1.165) is 63.2 Å². The lowest BCUT2D eigenvalue weighted by molar-refractivity contribution is -0.0182. The van der Waals surface area contributed by atoms with Gasteiger partial charge in [-0.05, 0) is 32.6 Å². The highest BCUT2D eigenvalue weighted by molar-refractivity contribution is 5.20. The predicted molar refractivity (Wildman–Crippen MR) is 95.1 cm³/mol. The van der Waals surface area contributed by atoms with E-state index in [1.54, 1.807) is 0 Å². The highest BCUT2D eigenvalue weighted by atomic mass is 16.5. The molecule has 0 N–H and O–H groups in total. The normalized spacial score (nSPS) is 26.8. The molecule has 1 saturated heterocycles. The van der Waals surface area contributed by atoms with E-state index in [4.69, 9.17) is 9.26 Å². The van der Waals surface area contributed by atoms with Gasteiger partial charge < -0.3 is 9.26 Å². The molecule has 0 radical (unpaired) electrons. The lowest BCUT2D eigenvalue weighted by atomic mass is 9.88. The Bertz CT molecular complexity index is 489. The Morgan fingerprint density at radius 3 is 2.46 bits per heavy atom. The first-order chi connectivity index (χ1) is 11.6. The molecule has 1 aliphatic heterocycles. The Morgan fingerprint density at radius 2 is 1.79 bits per heavy atom. The monoisotopic (exact) mass is 335 g/mol. The number of hydrogen-bond donors (Lipinski definition) is 0. The second kappa shape index (κ2) is 8.45. The first-order valence-corrected chi connectivity index (χ1v) is 9.61. The van der Waals surface area contributed by atoms with Crippen LogP contribution < -0.4 is 0 Å². The largest absolute Gasteiger partial charge is 0.377 e. The second-order valence-electron chi connectivity index (χ2n) is 7.59. The molecule has 0 amide bonds. The molecule has 2 atom stereocenters. The molecule has 3 rings (SSSR count). The molecule has 5 nitrogen and oxygen atoms in total. The van der Waals surface area contributed by atoms with E-state index in [1.165, 1.54) is 31.2 Å². The molecular weight excluding hydrogens is 302 g/mol. The van der Waals surface area contributed by atoms with Crippen LogP contribution in [0.3, 0.4) is 0 Å². The molecule has 5 heteroatoms. The Kier molecular flexibility index (Phi) is 6.31. The summed E-state index contributed by atoms with van der Waals surface area (Å²) in [5.74, 6) is 1.70. The number of rotatable bonds is 6. The van der Waals surface area contributed by atoms with Gasteiger partial charge in [0.05, 0.1) is 18.4 Å². The summed E-state index contributed by atoms with van der Waals surface area (Å²) in [6, 6.07) is 0. The summed E-state index contributed by atoms with van der Waals surface area (Å²) in [4.78, 5) is 5.05. The Hall–Kier alpha value is -0.910. The molecule has 1 aliphatic carbocycles. The van der Waals surface area contributed by atoms with Gasteiger partial charge in [-0.25, -0.2) is 0 Å². The number of hydrogen-bond acceptors (Lipinski definition) is 5. The van der Waals surface area contributed by atoms with Crippen LogP contribution in [0.2, 0.25) is 0 Å². The summed E-state index contributed by atoms with van der Waals surface area (Å²) < 4.78 is 11.4. The summed E-state index contributed by atoms with van der Waals surface area (Å²) in [5.41, 5.74) is 2.29. The van der Waals surface area contributed by atoms with Crippen molar-refractivity contribution < 1.29 is 9.26 Å². The minimum Gasteiger partial charge on any atom is -0.377 e. The smallest absolute Gasteiger partial charge is 0.138 e. The molecule has 136 valence electrons. The highest BCUT2D eigenvalue weighted by Crippen LogP contribution is 2.26. The summed E-state index contributed by atoms with van der Waals surface area (Å²) in [7, 11) is 0. The molecule has 1 saturated carbocycles. The van der Waals surface area contributed by atoms with Gasteiger partial charge in [0.15, 0.2) is 0 Å². The third kappa shape index (κ3) is 4.58. The fraction of sp³-hybridized carbons (Fsp3) is 0.842. The number of aromatic nitrogens is 1. The van der Waals surface area contributed by atoms with E-state index < -0.39 is 0 Å². The van der Waals surface area contributed by atoms with Crippen molar-refractivity contribution >= 4 is 0 Å². The number of ether oxygens (including phenoxy) is 1. The Morgan fingerprint density at radius 1 is 1.08 bits per heavy atom. The van der Waals surface area contributed by atoms with Crippen molar-refractivity contribution in [3.05, 3.63) is 17.0 Å². The van der Waals surface area contributed by atoms with Gasteiger partial charge in [-0.15, -0.1) is 0 Å². The summed E-state index contributed by atoms with van der Waals surface area (Å²) in [6.07, 6.45) is 5.82. The van der Waals surface area contributed by atoms with Gasteiger partial charge in [0, 0.05) is 44.8 Å². The lowest BCUT2D eigenvalue weighted by Crippen LogP contribution is -2.47. The molecule has 0 spiro atoms. The average molecular weight is 335 g/mol. The Labute approximate surface area is 146 Å². The van der Waals surface area contributed by atoms with E-state index >= 15 is 0 Å². The van der Waals surface area contributed by atoms with Gasteiger partial charge in [-0.2, -0.15) is 0 Å². The Balaban J connectivity index is 1.35. The fourth-order valence-corrected chi connectivity index (χ4v) is 3.99. The zero-order valence-corrected chi connectivity index (χ0v) is 15.6. The van der Waals surface area contributed by atoms with E-state index in [1.807, 2.05) is 13.8 Å². The molecule has 2 aliphatic rings. The molecule has 1 aromatic heterocycles. The zero-order chi connectivity index (χ0) is 16.9. The van der Waals surface area contributed by atoms with Crippen LogP contribution in [0.1, 0.15) is 49.6 Å². The van der Waals surface area contributed by atoms with Gasteiger partial charge >= 0.3 is 0 Å². The fourth-order valence-electron chi connectivity index (χ4n) is 3.99. The summed E-state index contributed by atoms with van der Waals surface area (Å²) in [6.45, 7) is 13.8. The van der Waals surface area contributed by atoms with Gasteiger partial charge in [0.25, 0.3) is 0 Å². The van der Waals surface area contributed by atoms with Crippen LogP contribution in [-0.2, 0) is 11.3 Å². The molecule has 0 bridgehead atoms. The molecule has 0 unspecified atom stereocenters.